The molecule has 11 heteroatoms. The number of carbonyl (C=O) groups excluding carboxylic acids is 3. The molecule has 0 aromatic carbocycles. The van der Waals surface area contributed by atoms with E-state index < -0.39 is 46.0 Å². The maximum Gasteiger partial charge on any atom is 0.508 e. The van der Waals surface area contributed by atoms with Crippen LogP contribution in [0.15, 0.2) is 11.3 Å². The highest BCUT2D eigenvalue weighted by Crippen LogP contribution is 2.38. The predicted octanol–water partition coefficient (Wildman–Crippen LogP) is 3.39. The first-order chi connectivity index (χ1) is 11.4. The molecule has 1 aliphatic heterocycles. The topological polar surface area (TPSA) is 82.1 Å². The number of methoxy groups -OCH3 is 1. The van der Waals surface area contributed by atoms with E-state index in [-0.39, 0.29) is 5.70 Å². The number of ether oxygens (including phenoxy) is 3. The molecule has 0 aromatic rings. The zero-order chi connectivity index (χ0) is 19.5. The normalized spacial score (nSPS) is 21.1. The Morgan fingerprint density at radius 1 is 1.28 bits per heavy atom. The summed E-state index contributed by atoms with van der Waals surface area (Å²) in [4.78, 5) is 36.9. The Kier molecular flexibility index (Phi) is 7.68. The fraction of sp³-hybridized carbons (Fsp3) is 0.643. The lowest BCUT2D eigenvalue weighted by Gasteiger charge is -2.45. The van der Waals surface area contributed by atoms with Crippen molar-refractivity contribution in [3.8, 4) is 0 Å². The third-order valence-corrected chi connectivity index (χ3v) is 4.09. The van der Waals surface area contributed by atoms with Gasteiger partial charge in [0.15, 0.2) is 0 Å². The van der Waals surface area contributed by atoms with Gasteiger partial charge < -0.3 is 14.2 Å². The molecule has 142 valence electrons. The first-order valence-corrected chi connectivity index (χ1v) is 8.60. The van der Waals surface area contributed by atoms with Crippen molar-refractivity contribution < 1.29 is 28.6 Å². The van der Waals surface area contributed by atoms with E-state index in [9.17, 15) is 14.4 Å². The number of allylic oxidation sites excluding steroid dienone is 1. The quantitative estimate of drug-likeness (QED) is 0.216. The maximum absolute atomic E-state index is 12.4. The molecule has 1 rings (SSSR count). The predicted molar refractivity (Wildman–Crippen MR) is 92.6 cm³/mol. The Bertz CT molecular complexity index is 584. The molecule has 1 aliphatic rings. The molecule has 25 heavy (non-hydrogen) atoms. The van der Waals surface area contributed by atoms with Gasteiger partial charge in [-0.2, -0.15) is 0 Å². The first kappa shape index (κ1) is 22.2. The molecular formula is C14H17Cl4NO6. The van der Waals surface area contributed by atoms with Crippen molar-refractivity contribution >= 4 is 64.4 Å². The number of esters is 1. The number of hydrogen-bond acceptors (Lipinski definition) is 6. The summed E-state index contributed by atoms with van der Waals surface area (Å²) in [7, 11) is 1.20. The molecule has 0 bridgehead atoms. The Morgan fingerprint density at radius 2 is 1.84 bits per heavy atom. The summed E-state index contributed by atoms with van der Waals surface area (Å²) < 4.78 is 12.5. The van der Waals surface area contributed by atoms with E-state index in [1.54, 1.807) is 13.8 Å². The second kappa shape index (κ2) is 8.66. The number of β-lactam (4-membered cyclic amide) rings is 1. The lowest BCUT2D eigenvalue weighted by atomic mass is 9.91. The van der Waals surface area contributed by atoms with Gasteiger partial charge in [0.05, 0.1) is 7.11 Å². The second-order valence-corrected chi connectivity index (χ2v) is 8.39. The standard InChI is InChI=1S/C14H17Cl4NO6/c1-6(2)9(12(21)23-4)19-10(15)8(11(19)20)7(3)25-13(22)24-5-14(16,17)18/h7-8,10H,5H2,1-4H3/t7?,8-,10+/m1/s1. The van der Waals surface area contributed by atoms with Crippen LogP contribution in [0, 0.1) is 5.92 Å². The zero-order valence-corrected chi connectivity index (χ0v) is 16.9. The van der Waals surface area contributed by atoms with Crippen LogP contribution < -0.4 is 0 Å². The van der Waals surface area contributed by atoms with Gasteiger partial charge >= 0.3 is 12.1 Å². The van der Waals surface area contributed by atoms with E-state index >= 15 is 0 Å². The Balaban J connectivity index is 2.74. The van der Waals surface area contributed by atoms with Gasteiger partial charge in [-0.1, -0.05) is 46.4 Å². The molecule has 7 nitrogen and oxygen atoms in total. The number of alkyl halides is 4. The van der Waals surface area contributed by atoms with Crippen LogP contribution in [0.3, 0.4) is 0 Å². The molecule has 0 radical (unpaired) electrons. The van der Waals surface area contributed by atoms with Crippen LogP contribution in [0.4, 0.5) is 4.79 Å². The van der Waals surface area contributed by atoms with E-state index in [0.717, 1.165) is 4.90 Å². The van der Waals surface area contributed by atoms with Gasteiger partial charge in [-0.3, -0.25) is 9.69 Å². The van der Waals surface area contributed by atoms with E-state index in [1.165, 1.54) is 14.0 Å². The number of nitrogens with zero attached hydrogens (tertiary/aromatic N) is 1. The van der Waals surface area contributed by atoms with Crippen LogP contribution in [-0.2, 0) is 23.8 Å². The summed E-state index contributed by atoms with van der Waals surface area (Å²) in [5.74, 6) is -2.03. The summed E-state index contributed by atoms with van der Waals surface area (Å²) >= 11 is 22.6. The SMILES string of the molecule is COC(=O)C(=C(C)C)N1C(=O)[C@H](C(C)OC(=O)OCC(Cl)(Cl)Cl)[C@H]1Cl. The average Bonchev–Trinajstić information content (AvgIpc) is 2.48. The van der Waals surface area contributed by atoms with Gasteiger partial charge in [-0.25, -0.2) is 9.59 Å². The van der Waals surface area contributed by atoms with Gasteiger partial charge in [0.2, 0.25) is 9.70 Å². The first-order valence-electron chi connectivity index (χ1n) is 7.03. The molecule has 0 aromatic heterocycles. The lowest BCUT2D eigenvalue weighted by Crippen LogP contribution is -2.62. The summed E-state index contributed by atoms with van der Waals surface area (Å²) in [6, 6.07) is 0. The number of rotatable bonds is 5. The molecule has 0 saturated carbocycles. The molecule has 1 saturated heterocycles. The van der Waals surface area contributed by atoms with Crippen LogP contribution in [-0.4, -0.2) is 52.0 Å². The van der Waals surface area contributed by atoms with Crippen LogP contribution in [0.1, 0.15) is 20.8 Å². The second-order valence-electron chi connectivity index (χ2n) is 5.42. The highest BCUT2D eigenvalue weighted by Gasteiger charge is 2.53. The third-order valence-electron chi connectivity index (χ3n) is 3.30. The molecule has 0 N–H and O–H groups in total. The van der Waals surface area contributed by atoms with Crippen molar-refractivity contribution in [1.82, 2.24) is 4.90 Å². The number of likely N-dealkylation sites (tertiary alicyclic amines) is 1. The Labute approximate surface area is 165 Å². The zero-order valence-electron chi connectivity index (χ0n) is 13.8. The average molecular weight is 437 g/mol. The highest BCUT2D eigenvalue weighted by molar-refractivity contribution is 6.67. The summed E-state index contributed by atoms with van der Waals surface area (Å²) in [5, 5.41) is 0. The molecule has 1 amide bonds. The minimum Gasteiger partial charge on any atom is -0.464 e. The summed E-state index contributed by atoms with van der Waals surface area (Å²) in [6.07, 6.45) is -2.02. The van der Waals surface area contributed by atoms with E-state index in [2.05, 4.69) is 9.47 Å². The fourth-order valence-electron chi connectivity index (χ4n) is 2.18. The Morgan fingerprint density at radius 3 is 2.24 bits per heavy atom. The van der Waals surface area contributed by atoms with E-state index in [4.69, 9.17) is 51.1 Å². The largest absolute Gasteiger partial charge is 0.508 e. The van der Waals surface area contributed by atoms with E-state index in [0.29, 0.717) is 5.57 Å². The monoisotopic (exact) mass is 435 g/mol. The van der Waals surface area contributed by atoms with Gasteiger partial charge in [0, 0.05) is 0 Å². The van der Waals surface area contributed by atoms with Gasteiger partial charge in [-0.15, -0.1) is 0 Å². The molecule has 0 spiro atoms. The maximum atomic E-state index is 12.4. The van der Waals surface area contributed by atoms with Gasteiger partial charge in [0.25, 0.3) is 0 Å². The lowest BCUT2D eigenvalue weighted by molar-refractivity contribution is -0.159. The van der Waals surface area contributed by atoms with Crippen molar-refractivity contribution in [1.29, 1.82) is 0 Å². The smallest absolute Gasteiger partial charge is 0.464 e. The van der Waals surface area contributed by atoms with Crippen LogP contribution in [0.25, 0.3) is 0 Å². The Hall–Kier alpha value is -0.890. The number of halogens is 4. The molecule has 3 atom stereocenters. The molecule has 1 heterocycles. The van der Waals surface area contributed by atoms with Crippen molar-refractivity contribution in [2.24, 2.45) is 5.92 Å². The van der Waals surface area contributed by atoms with Crippen molar-refractivity contribution in [3.63, 3.8) is 0 Å². The van der Waals surface area contributed by atoms with Crippen molar-refractivity contribution in [2.75, 3.05) is 13.7 Å². The fourth-order valence-corrected chi connectivity index (χ4v) is 2.85. The van der Waals surface area contributed by atoms with Gasteiger partial charge in [-0.05, 0) is 26.3 Å². The molecule has 1 fully saturated rings. The van der Waals surface area contributed by atoms with Crippen LogP contribution >= 0.6 is 46.4 Å². The molecular weight excluding hydrogens is 420 g/mol. The van der Waals surface area contributed by atoms with E-state index in [1.807, 2.05) is 0 Å². The number of carbonyl (C=O) groups is 3. The van der Waals surface area contributed by atoms with Gasteiger partial charge in [0.1, 0.15) is 29.8 Å². The molecule has 0 aliphatic carbocycles. The number of hydrogen-bond donors (Lipinski definition) is 0. The highest BCUT2D eigenvalue weighted by atomic mass is 35.6. The molecule has 1 unspecified atom stereocenters. The van der Waals surface area contributed by atoms with Crippen molar-refractivity contribution in [2.45, 2.75) is 36.2 Å². The summed E-state index contributed by atoms with van der Waals surface area (Å²) in [6.45, 7) is 4.24. The number of amides is 1. The third kappa shape index (κ3) is 5.54. The summed E-state index contributed by atoms with van der Waals surface area (Å²) in [5.41, 5.74) is -0.290. The van der Waals surface area contributed by atoms with Crippen LogP contribution in [0.5, 0.6) is 0 Å². The minimum absolute atomic E-state index is 0.0507. The van der Waals surface area contributed by atoms with Crippen LogP contribution in [0.2, 0.25) is 0 Å². The van der Waals surface area contributed by atoms with Crippen molar-refractivity contribution in [3.05, 3.63) is 11.3 Å². The minimum atomic E-state index is -1.78.